The molecule has 178 valence electrons. The highest BCUT2D eigenvalue weighted by Crippen LogP contribution is 2.30. The van der Waals surface area contributed by atoms with Crippen molar-refractivity contribution in [2.45, 2.75) is 33.0 Å². The van der Waals surface area contributed by atoms with Crippen molar-refractivity contribution in [3.8, 4) is 0 Å². The molecule has 3 aromatic heterocycles. The fraction of sp³-hybridized carbons (Fsp3) is 0.200. The zero-order valence-corrected chi connectivity index (χ0v) is 19.7. The number of anilines is 2. The second-order valence-electron chi connectivity index (χ2n) is 8.55. The number of rotatable bonds is 5. The minimum Gasteiger partial charge on any atom is -0.476 e. The van der Waals surface area contributed by atoms with Gasteiger partial charge in [0.1, 0.15) is 22.4 Å². The highest BCUT2D eigenvalue weighted by atomic mass is 35.5. The van der Waals surface area contributed by atoms with E-state index in [1.807, 2.05) is 30.9 Å². The molecular formula is C25H21ClFN5O3. The summed E-state index contributed by atoms with van der Waals surface area (Å²) in [5.74, 6) is -1.04. The molecule has 5 rings (SSSR count). The standard InChI is InChI=1S/C25H21ClFN5O3/c1-13-8-16(14(2)28-19-6-7-20(26)29-23(19)25(34)35)24-30-21(9-22(33)32(24)10-13)31-11-15-4-3-5-18(27)17(15)12-31/h3-10,14,28H,11-12H2,1-2H3,(H,34,35)/t14-/m1/s1. The number of hydrogen-bond donors (Lipinski definition) is 2. The zero-order chi connectivity index (χ0) is 24.9. The number of halogens is 2. The largest absolute Gasteiger partial charge is 0.476 e. The van der Waals surface area contributed by atoms with E-state index in [0.717, 1.165) is 11.1 Å². The summed E-state index contributed by atoms with van der Waals surface area (Å²) < 4.78 is 15.7. The highest BCUT2D eigenvalue weighted by Gasteiger charge is 2.25. The van der Waals surface area contributed by atoms with Gasteiger partial charge in [0.15, 0.2) is 5.69 Å². The number of aryl methyl sites for hydroxylation is 1. The Morgan fingerprint density at radius 1 is 1.20 bits per heavy atom. The summed E-state index contributed by atoms with van der Waals surface area (Å²) in [4.78, 5) is 35.3. The van der Waals surface area contributed by atoms with Crippen molar-refractivity contribution in [2.75, 3.05) is 10.2 Å². The Morgan fingerprint density at radius 3 is 2.74 bits per heavy atom. The number of carboxylic acid groups (broad SMARTS) is 1. The third-order valence-electron chi connectivity index (χ3n) is 6.07. The lowest BCUT2D eigenvalue weighted by atomic mass is 10.1. The lowest BCUT2D eigenvalue weighted by molar-refractivity contribution is 0.0691. The first-order valence-electron chi connectivity index (χ1n) is 10.9. The Bertz CT molecular complexity index is 1550. The number of benzene rings is 1. The summed E-state index contributed by atoms with van der Waals surface area (Å²) in [6.07, 6.45) is 1.70. The predicted molar refractivity (Wildman–Crippen MR) is 131 cm³/mol. The molecule has 0 bridgehead atoms. The molecule has 4 heterocycles. The van der Waals surface area contributed by atoms with E-state index in [9.17, 15) is 19.1 Å². The minimum atomic E-state index is -1.21. The van der Waals surface area contributed by atoms with Gasteiger partial charge in [-0.05, 0) is 49.2 Å². The molecule has 1 atom stereocenters. The van der Waals surface area contributed by atoms with E-state index < -0.39 is 12.0 Å². The molecule has 0 spiro atoms. The fourth-order valence-electron chi connectivity index (χ4n) is 4.41. The zero-order valence-electron chi connectivity index (χ0n) is 18.9. The maximum Gasteiger partial charge on any atom is 0.356 e. The molecule has 8 nitrogen and oxygen atoms in total. The van der Waals surface area contributed by atoms with Crippen molar-refractivity contribution in [1.29, 1.82) is 0 Å². The van der Waals surface area contributed by atoms with Crippen LogP contribution in [0.5, 0.6) is 0 Å². The van der Waals surface area contributed by atoms with E-state index in [0.29, 0.717) is 35.7 Å². The van der Waals surface area contributed by atoms with Crippen LogP contribution in [-0.4, -0.2) is 25.4 Å². The van der Waals surface area contributed by atoms with Gasteiger partial charge in [-0.15, -0.1) is 0 Å². The van der Waals surface area contributed by atoms with Crippen molar-refractivity contribution < 1.29 is 14.3 Å². The topological polar surface area (TPSA) is 99.8 Å². The molecular weight excluding hydrogens is 473 g/mol. The van der Waals surface area contributed by atoms with Crippen LogP contribution in [0, 0.1) is 12.7 Å². The third-order valence-corrected chi connectivity index (χ3v) is 6.28. The van der Waals surface area contributed by atoms with Gasteiger partial charge in [-0.1, -0.05) is 23.7 Å². The van der Waals surface area contributed by atoms with Crippen molar-refractivity contribution in [3.63, 3.8) is 0 Å². The van der Waals surface area contributed by atoms with E-state index in [-0.39, 0.29) is 27.9 Å². The number of carbonyl (C=O) groups is 1. The Labute approximate surface area is 204 Å². The molecule has 1 aliphatic rings. The van der Waals surface area contributed by atoms with Crippen LogP contribution in [-0.2, 0) is 13.1 Å². The van der Waals surface area contributed by atoms with Crippen LogP contribution < -0.4 is 15.8 Å². The van der Waals surface area contributed by atoms with Gasteiger partial charge in [0.2, 0.25) is 0 Å². The van der Waals surface area contributed by atoms with Crippen molar-refractivity contribution in [2.24, 2.45) is 0 Å². The molecule has 1 aromatic carbocycles. The van der Waals surface area contributed by atoms with E-state index in [1.165, 1.54) is 22.6 Å². The van der Waals surface area contributed by atoms with Gasteiger partial charge in [-0.3, -0.25) is 9.20 Å². The normalized spacial score (nSPS) is 13.7. The van der Waals surface area contributed by atoms with Crippen LogP contribution in [0.4, 0.5) is 15.9 Å². The van der Waals surface area contributed by atoms with Crippen LogP contribution in [0.15, 0.2) is 53.5 Å². The van der Waals surface area contributed by atoms with E-state index in [1.54, 1.807) is 18.3 Å². The number of nitrogens with one attached hydrogen (secondary N) is 1. The van der Waals surface area contributed by atoms with E-state index >= 15 is 0 Å². The van der Waals surface area contributed by atoms with Crippen LogP contribution in [0.3, 0.4) is 0 Å². The van der Waals surface area contributed by atoms with Crippen LogP contribution >= 0.6 is 11.6 Å². The first kappa shape index (κ1) is 22.8. The number of carboxylic acids is 1. The summed E-state index contributed by atoms with van der Waals surface area (Å²) in [5.41, 5.74) is 3.24. The molecule has 1 aliphatic heterocycles. The number of aromatic nitrogens is 3. The summed E-state index contributed by atoms with van der Waals surface area (Å²) >= 11 is 5.88. The molecule has 0 radical (unpaired) electrons. The predicted octanol–water partition coefficient (Wildman–Crippen LogP) is 4.58. The van der Waals surface area contributed by atoms with Gasteiger partial charge in [-0.2, -0.15) is 0 Å². The maximum absolute atomic E-state index is 14.3. The molecule has 0 aliphatic carbocycles. The number of hydrogen-bond acceptors (Lipinski definition) is 6. The Balaban J connectivity index is 1.56. The summed E-state index contributed by atoms with van der Waals surface area (Å²) in [7, 11) is 0. The average Bonchev–Trinajstić information content (AvgIpc) is 3.26. The molecule has 0 fully saturated rings. The number of aromatic carboxylic acids is 1. The quantitative estimate of drug-likeness (QED) is 0.392. The summed E-state index contributed by atoms with van der Waals surface area (Å²) in [6, 6.07) is 10.9. The van der Waals surface area contributed by atoms with Crippen LogP contribution in [0.2, 0.25) is 5.15 Å². The van der Waals surface area contributed by atoms with Gasteiger partial charge in [-0.25, -0.2) is 19.2 Å². The highest BCUT2D eigenvalue weighted by molar-refractivity contribution is 6.29. The maximum atomic E-state index is 14.3. The third kappa shape index (κ3) is 4.19. The molecule has 0 amide bonds. The molecule has 0 unspecified atom stereocenters. The summed E-state index contributed by atoms with van der Waals surface area (Å²) in [5, 5.41) is 12.8. The first-order valence-corrected chi connectivity index (χ1v) is 11.3. The van der Waals surface area contributed by atoms with Crippen molar-refractivity contribution in [3.05, 3.63) is 97.9 Å². The SMILES string of the molecule is Cc1cc([C@@H](C)Nc2ccc(Cl)nc2C(=O)O)c2nc(N3Cc4cccc(F)c4C3)cc(=O)n2c1. The van der Waals surface area contributed by atoms with Gasteiger partial charge in [0.05, 0.1) is 11.7 Å². The van der Waals surface area contributed by atoms with E-state index in [4.69, 9.17) is 16.6 Å². The van der Waals surface area contributed by atoms with Crippen molar-refractivity contribution in [1.82, 2.24) is 14.4 Å². The Hall–Kier alpha value is -3.98. The first-order chi connectivity index (χ1) is 16.7. The Morgan fingerprint density at radius 2 is 2.00 bits per heavy atom. The van der Waals surface area contributed by atoms with Gasteiger partial charge in [0, 0.05) is 36.5 Å². The number of fused-ring (bicyclic) bond motifs is 2. The van der Waals surface area contributed by atoms with Gasteiger partial charge >= 0.3 is 5.97 Å². The molecule has 35 heavy (non-hydrogen) atoms. The van der Waals surface area contributed by atoms with Gasteiger partial charge < -0.3 is 15.3 Å². The number of pyridine rings is 2. The Kier molecular flexibility index (Phi) is 5.64. The molecule has 0 saturated carbocycles. The lowest BCUT2D eigenvalue weighted by Gasteiger charge is -2.21. The summed E-state index contributed by atoms with van der Waals surface area (Å²) in [6.45, 7) is 4.47. The average molecular weight is 494 g/mol. The minimum absolute atomic E-state index is 0.0718. The fourth-order valence-corrected chi connectivity index (χ4v) is 4.56. The number of nitrogens with zero attached hydrogens (tertiary/aromatic N) is 4. The molecule has 4 aromatic rings. The molecule has 0 saturated heterocycles. The van der Waals surface area contributed by atoms with Gasteiger partial charge in [0.25, 0.3) is 5.56 Å². The monoisotopic (exact) mass is 493 g/mol. The molecule has 2 N–H and O–H groups in total. The second kappa shape index (κ2) is 8.66. The van der Waals surface area contributed by atoms with E-state index in [2.05, 4.69) is 10.3 Å². The second-order valence-corrected chi connectivity index (χ2v) is 8.94. The van der Waals surface area contributed by atoms with Crippen molar-refractivity contribution >= 4 is 34.7 Å². The smallest absolute Gasteiger partial charge is 0.356 e. The lowest BCUT2D eigenvalue weighted by Crippen LogP contribution is -2.24. The molecule has 10 heteroatoms. The van der Waals surface area contributed by atoms with Crippen LogP contribution in [0.25, 0.3) is 5.65 Å². The van der Waals surface area contributed by atoms with Crippen LogP contribution in [0.1, 0.15) is 45.7 Å².